The molecule has 9 heteroatoms. The van der Waals surface area contributed by atoms with Gasteiger partial charge in [-0.05, 0) is 25.0 Å². The first-order valence-corrected chi connectivity index (χ1v) is 10.4. The summed E-state index contributed by atoms with van der Waals surface area (Å²) in [6, 6.07) is 12.2. The first-order valence-electron chi connectivity index (χ1n) is 8.96. The molecule has 1 saturated heterocycles. The quantitative estimate of drug-likeness (QED) is 0.648. The van der Waals surface area contributed by atoms with E-state index in [0.717, 1.165) is 11.8 Å². The molecule has 4 rings (SSSR count). The number of piperidine rings is 1. The highest BCUT2D eigenvalue weighted by molar-refractivity contribution is 7.89. The zero-order valence-electron chi connectivity index (χ0n) is 15.4. The zero-order chi connectivity index (χ0) is 19.6. The Morgan fingerprint density at radius 3 is 2.64 bits per heavy atom. The predicted molar refractivity (Wildman–Crippen MR) is 103 cm³/mol. The molecule has 0 saturated carbocycles. The molecule has 3 aromatic rings. The highest BCUT2D eigenvalue weighted by Crippen LogP contribution is 2.27. The second kappa shape index (κ2) is 7.69. The van der Waals surface area contributed by atoms with Crippen molar-refractivity contribution in [2.45, 2.75) is 23.8 Å². The Morgan fingerprint density at radius 2 is 1.86 bits per heavy atom. The monoisotopic (exact) mass is 400 g/mol. The third-order valence-electron chi connectivity index (χ3n) is 4.67. The molecule has 1 atom stereocenters. The molecule has 3 heterocycles. The number of ether oxygens (including phenoxy) is 2. The third kappa shape index (κ3) is 3.63. The fourth-order valence-electron chi connectivity index (χ4n) is 3.29. The molecular weight excluding hydrogens is 380 g/mol. The smallest absolute Gasteiger partial charge is 0.245 e. The lowest BCUT2D eigenvalue weighted by Gasteiger charge is -2.31. The molecule has 0 aliphatic carbocycles. The van der Waals surface area contributed by atoms with E-state index in [1.807, 2.05) is 12.1 Å². The molecule has 28 heavy (non-hydrogen) atoms. The number of fused-ring (bicyclic) bond motifs is 1. The van der Waals surface area contributed by atoms with Gasteiger partial charge in [-0.3, -0.25) is 4.98 Å². The number of aromatic nitrogens is 3. The molecule has 2 aromatic heterocycles. The molecule has 0 N–H and O–H groups in total. The molecule has 1 aromatic carbocycles. The Morgan fingerprint density at radius 1 is 1.07 bits per heavy atom. The second-order valence-corrected chi connectivity index (χ2v) is 8.40. The highest BCUT2D eigenvalue weighted by atomic mass is 32.2. The van der Waals surface area contributed by atoms with Crippen molar-refractivity contribution in [1.82, 2.24) is 19.5 Å². The molecule has 1 unspecified atom stereocenters. The molecule has 0 spiro atoms. The van der Waals surface area contributed by atoms with Crippen LogP contribution in [0.15, 0.2) is 53.6 Å². The number of pyridine rings is 1. The fraction of sp³-hybridized carbons (Fsp3) is 0.316. The molecule has 146 valence electrons. The lowest BCUT2D eigenvalue weighted by atomic mass is 10.1. The van der Waals surface area contributed by atoms with Crippen LogP contribution < -0.4 is 9.47 Å². The van der Waals surface area contributed by atoms with Crippen LogP contribution in [0.3, 0.4) is 0 Å². The van der Waals surface area contributed by atoms with Crippen LogP contribution in [0.2, 0.25) is 0 Å². The van der Waals surface area contributed by atoms with Crippen molar-refractivity contribution in [2.75, 3.05) is 20.2 Å². The minimum Gasteiger partial charge on any atom is -0.480 e. The Kier molecular flexibility index (Phi) is 5.10. The minimum absolute atomic E-state index is 0.218. The molecule has 1 aliphatic rings. The number of methoxy groups -OCH3 is 1. The summed E-state index contributed by atoms with van der Waals surface area (Å²) in [7, 11) is -2.18. The van der Waals surface area contributed by atoms with Gasteiger partial charge in [-0.15, -0.1) is 10.2 Å². The van der Waals surface area contributed by atoms with Crippen LogP contribution in [0.1, 0.15) is 12.8 Å². The summed E-state index contributed by atoms with van der Waals surface area (Å²) in [5.41, 5.74) is 0.481. The van der Waals surface area contributed by atoms with E-state index in [1.54, 1.807) is 36.5 Å². The van der Waals surface area contributed by atoms with Crippen LogP contribution in [0.4, 0.5) is 0 Å². The van der Waals surface area contributed by atoms with Gasteiger partial charge in [0.2, 0.25) is 21.8 Å². The van der Waals surface area contributed by atoms with E-state index in [0.29, 0.717) is 30.2 Å². The van der Waals surface area contributed by atoms with Crippen molar-refractivity contribution >= 4 is 20.9 Å². The minimum atomic E-state index is -3.69. The maximum Gasteiger partial charge on any atom is 0.245 e. The average Bonchev–Trinajstić information content (AvgIpc) is 2.74. The van der Waals surface area contributed by atoms with Crippen LogP contribution >= 0.6 is 0 Å². The first kappa shape index (κ1) is 18.6. The van der Waals surface area contributed by atoms with Gasteiger partial charge in [0, 0.05) is 30.3 Å². The highest BCUT2D eigenvalue weighted by Gasteiger charge is 2.32. The molecule has 1 aliphatic heterocycles. The lowest BCUT2D eigenvalue weighted by molar-refractivity contribution is 0.123. The largest absolute Gasteiger partial charge is 0.480 e. The van der Waals surface area contributed by atoms with Crippen molar-refractivity contribution in [2.24, 2.45) is 0 Å². The Balaban J connectivity index is 1.56. The number of benzene rings is 1. The second-order valence-electron chi connectivity index (χ2n) is 6.49. The van der Waals surface area contributed by atoms with Crippen LogP contribution in [-0.2, 0) is 10.0 Å². The summed E-state index contributed by atoms with van der Waals surface area (Å²) >= 11 is 0. The van der Waals surface area contributed by atoms with Gasteiger partial charge in [0.25, 0.3) is 0 Å². The number of para-hydroxylation sites is 1. The summed E-state index contributed by atoms with van der Waals surface area (Å²) in [5, 5.41) is 8.62. The van der Waals surface area contributed by atoms with Crippen molar-refractivity contribution in [3.8, 4) is 11.8 Å². The molecule has 0 bridgehead atoms. The van der Waals surface area contributed by atoms with Crippen molar-refractivity contribution in [1.29, 1.82) is 0 Å². The Labute approximate surface area is 163 Å². The van der Waals surface area contributed by atoms with Gasteiger partial charge in [-0.2, -0.15) is 4.31 Å². The van der Waals surface area contributed by atoms with E-state index in [-0.39, 0.29) is 17.5 Å². The SMILES string of the molecule is COc1ccc(OC2CCCN(S(=O)(=O)c3cccc4cccnc34)C2)nn1. The average molecular weight is 400 g/mol. The van der Waals surface area contributed by atoms with E-state index < -0.39 is 10.0 Å². The van der Waals surface area contributed by atoms with Gasteiger partial charge in [0.1, 0.15) is 11.0 Å². The molecule has 0 radical (unpaired) electrons. The molecular formula is C19H20N4O4S. The van der Waals surface area contributed by atoms with Gasteiger partial charge >= 0.3 is 0 Å². The standard InChI is InChI=1S/C19H20N4O4S/c1-26-17-9-10-18(22-21-17)27-15-7-4-12-23(13-15)28(24,25)16-8-2-5-14-6-3-11-20-19(14)16/h2-3,5-6,8-11,15H,4,7,12-13H2,1H3. The Bertz CT molecular complexity index is 1070. The van der Waals surface area contributed by atoms with Crippen molar-refractivity contribution in [3.63, 3.8) is 0 Å². The maximum atomic E-state index is 13.3. The first-order chi connectivity index (χ1) is 13.6. The fourth-order valence-corrected chi connectivity index (χ4v) is 4.97. The van der Waals surface area contributed by atoms with E-state index in [4.69, 9.17) is 9.47 Å². The number of sulfonamides is 1. The van der Waals surface area contributed by atoms with E-state index in [2.05, 4.69) is 15.2 Å². The van der Waals surface area contributed by atoms with Crippen molar-refractivity contribution in [3.05, 3.63) is 48.7 Å². The normalized spacial score (nSPS) is 18.1. The molecule has 8 nitrogen and oxygen atoms in total. The maximum absolute atomic E-state index is 13.3. The summed E-state index contributed by atoms with van der Waals surface area (Å²) in [6.07, 6.45) is 2.75. The van der Waals surface area contributed by atoms with Crippen LogP contribution in [0, 0.1) is 0 Å². The van der Waals surface area contributed by atoms with E-state index >= 15 is 0 Å². The number of hydrogen-bond acceptors (Lipinski definition) is 7. The lowest BCUT2D eigenvalue weighted by Crippen LogP contribution is -2.44. The zero-order valence-corrected chi connectivity index (χ0v) is 16.2. The molecule has 1 fully saturated rings. The third-order valence-corrected chi connectivity index (χ3v) is 6.56. The van der Waals surface area contributed by atoms with E-state index in [9.17, 15) is 8.42 Å². The summed E-state index contributed by atoms with van der Waals surface area (Å²) in [6.45, 7) is 0.693. The van der Waals surface area contributed by atoms with Crippen LogP contribution in [-0.4, -0.2) is 54.2 Å². The van der Waals surface area contributed by atoms with Crippen LogP contribution in [0.25, 0.3) is 10.9 Å². The predicted octanol–water partition coefficient (Wildman–Crippen LogP) is 2.27. The van der Waals surface area contributed by atoms with Gasteiger partial charge in [-0.25, -0.2) is 8.42 Å². The number of rotatable bonds is 5. The summed E-state index contributed by atoms with van der Waals surface area (Å²) in [4.78, 5) is 4.50. The molecule has 0 amide bonds. The van der Waals surface area contributed by atoms with Crippen LogP contribution in [0.5, 0.6) is 11.8 Å². The van der Waals surface area contributed by atoms with E-state index in [1.165, 1.54) is 11.4 Å². The Hall–Kier alpha value is -2.78. The number of nitrogens with zero attached hydrogens (tertiary/aromatic N) is 4. The summed E-state index contributed by atoms with van der Waals surface area (Å²) < 4.78 is 38.8. The number of hydrogen-bond donors (Lipinski definition) is 0. The van der Waals surface area contributed by atoms with Gasteiger partial charge in [0.15, 0.2) is 0 Å². The van der Waals surface area contributed by atoms with Gasteiger partial charge in [0.05, 0.1) is 19.2 Å². The van der Waals surface area contributed by atoms with Gasteiger partial charge < -0.3 is 9.47 Å². The topological polar surface area (TPSA) is 94.5 Å². The summed E-state index contributed by atoms with van der Waals surface area (Å²) in [5.74, 6) is 0.737. The van der Waals surface area contributed by atoms with Gasteiger partial charge in [-0.1, -0.05) is 18.2 Å². The van der Waals surface area contributed by atoms with Crippen molar-refractivity contribution < 1.29 is 17.9 Å².